The molecule has 1 aromatic rings. The van der Waals surface area contributed by atoms with E-state index in [0.717, 1.165) is 12.1 Å². The van der Waals surface area contributed by atoms with Gasteiger partial charge in [0.05, 0.1) is 18.0 Å². The smallest absolute Gasteiger partial charge is 0.356 e. The maximum Gasteiger partial charge on any atom is 0.416 e. The number of rotatable bonds is 6. The van der Waals surface area contributed by atoms with Gasteiger partial charge in [0, 0.05) is 26.2 Å². The highest BCUT2D eigenvalue weighted by Gasteiger charge is 2.33. The molecule has 1 unspecified atom stereocenters. The second-order valence-corrected chi connectivity index (χ2v) is 6.88. The minimum Gasteiger partial charge on any atom is -0.356 e. The SMILES string of the molecule is CC(C)CNC(=O)CC1C(=O)NCCN1Cc1cccc(C(F)(F)F)c1. The lowest BCUT2D eigenvalue weighted by Crippen LogP contribution is -2.56. The van der Waals surface area contributed by atoms with Crippen molar-refractivity contribution in [1.82, 2.24) is 15.5 Å². The van der Waals surface area contributed by atoms with Crippen molar-refractivity contribution in [2.24, 2.45) is 5.92 Å². The highest BCUT2D eigenvalue weighted by Crippen LogP contribution is 2.30. The predicted molar refractivity (Wildman–Crippen MR) is 91.1 cm³/mol. The van der Waals surface area contributed by atoms with E-state index in [0.29, 0.717) is 31.1 Å². The Morgan fingerprint density at radius 3 is 2.77 bits per heavy atom. The fraction of sp³-hybridized carbons (Fsp3) is 0.556. The van der Waals surface area contributed by atoms with Crippen LogP contribution >= 0.6 is 0 Å². The number of nitrogens with zero attached hydrogens (tertiary/aromatic N) is 1. The molecule has 1 fully saturated rings. The van der Waals surface area contributed by atoms with Crippen molar-refractivity contribution in [2.45, 2.75) is 39.0 Å². The molecule has 1 aliphatic rings. The molecule has 2 rings (SSSR count). The van der Waals surface area contributed by atoms with Crippen LogP contribution in [0.4, 0.5) is 13.2 Å². The summed E-state index contributed by atoms with van der Waals surface area (Å²) in [6, 6.07) is 4.36. The minimum absolute atomic E-state index is 0.0164. The average molecular weight is 371 g/mol. The molecule has 0 bridgehead atoms. The number of benzene rings is 1. The maximum atomic E-state index is 12.9. The Labute approximate surface area is 150 Å². The van der Waals surface area contributed by atoms with Crippen LogP contribution in [-0.2, 0) is 22.3 Å². The van der Waals surface area contributed by atoms with Crippen LogP contribution in [0.25, 0.3) is 0 Å². The Kier molecular flexibility index (Phi) is 6.63. The van der Waals surface area contributed by atoms with E-state index in [-0.39, 0.29) is 24.8 Å². The van der Waals surface area contributed by atoms with Crippen molar-refractivity contribution in [3.05, 3.63) is 35.4 Å². The number of carbonyl (C=O) groups excluding carboxylic acids is 2. The predicted octanol–water partition coefficient (Wildman–Crippen LogP) is 2.17. The molecule has 0 spiro atoms. The van der Waals surface area contributed by atoms with Crippen LogP contribution < -0.4 is 10.6 Å². The van der Waals surface area contributed by atoms with Gasteiger partial charge < -0.3 is 10.6 Å². The minimum atomic E-state index is -4.41. The summed E-state index contributed by atoms with van der Waals surface area (Å²) in [5, 5.41) is 5.48. The second-order valence-electron chi connectivity index (χ2n) is 6.88. The number of piperazine rings is 1. The van der Waals surface area contributed by atoms with Crippen molar-refractivity contribution in [1.29, 1.82) is 0 Å². The molecule has 2 N–H and O–H groups in total. The molecule has 1 aromatic carbocycles. The third-order valence-corrected chi connectivity index (χ3v) is 4.17. The molecule has 0 aromatic heterocycles. The molecule has 144 valence electrons. The number of amides is 2. The van der Waals surface area contributed by atoms with Gasteiger partial charge in [-0.1, -0.05) is 32.0 Å². The molecular formula is C18H24F3N3O2. The largest absolute Gasteiger partial charge is 0.416 e. The zero-order valence-electron chi connectivity index (χ0n) is 14.9. The molecule has 5 nitrogen and oxygen atoms in total. The summed E-state index contributed by atoms with van der Waals surface area (Å²) in [6.07, 6.45) is -4.43. The Bertz CT molecular complexity index is 647. The van der Waals surface area contributed by atoms with E-state index in [4.69, 9.17) is 0 Å². The van der Waals surface area contributed by atoms with E-state index in [1.165, 1.54) is 6.07 Å². The Morgan fingerprint density at radius 2 is 2.12 bits per heavy atom. The van der Waals surface area contributed by atoms with Crippen LogP contribution in [0.1, 0.15) is 31.4 Å². The highest BCUT2D eigenvalue weighted by molar-refractivity contribution is 5.88. The van der Waals surface area contributed by atoms with Gasteiger partial charge in [-0.3, -0.25) is 14.5 Å². The topological polar surface area (TPSA) is 61.4 Å². The third-order valence-electron chi connectivity index (χ3n) is 4.17. The Balaban J connectivity index is 2.08. The summed E-state index contributed by atoms with van der Waals surface area (Å²) in [5.74, 6) is -0.224. The summed E-state index contributed by atoms with van der Waals surface area (Å²) < 4.78 is 38.6. The van der Waals surface area contributed by atoms with Crippen LogP contribution in [0, 0.1) is 5.92 Å². The molecular weight excluding hydrogens is 347 g/mol. The van der Waals surface area contributed by atoms with E-state index < -0.39 is 17.8 Å². The number of halogens is 3. The standard InChI is InChI=1S/C18H24F3N3O2/c1-12(2)10-23-16(25)9-15-17(26)22-6-7-24(15)11-13-4-3-5-14(8-13)18(19,20)21/h3-5,8,12,15H,6-7,9-11H2,1-2H3,(H,22,26)(H,23,25). The van der Waals surface area contributed by atoms with Gasteiger partial charge in [0.1, 0.15) is 0 Å². The van der Waals surface area contributed by atoms with Crippen LogP contribution in [0.2, 0.25) is 0 Å². The lowest BCUT2D eigenvalue weighted by Gasteiger charge is -2.34. The molecule has 2 amide bonds. The number of nitrogens with one attached hydrogen (secondary N) is 2. The zero-order chi connectivity index (χ0) is 19.3. The highest BCUT2D eigenvalue weighted by atomic mass is 19.4. The summed E-state index contributed by atoms with van der Waals surface area (Å²) >= 11 is 0. The van der Waals surface area contributed by atoms with E-state index in [9.17, 15) is 22.8 Å². The van der Waals surface area contributed by atoms with Gasteiger partial charge in [-0.15, -0.1) is 0 Å². The molecule has 0 saturated carbocycles. The normalized spacial score (nSPS) is 18.7. The first-order valence-corrected chi connectivity index (χ1v) is 8.61. The maximum absolute atomic E-state index is 12.9. The first-order chi connectivity index (χ1) is 12.2. The van der Waals surface area contributed by atoms with Gasteiger partial charge >= 0.3 is 6.18 Å². The first kappa shape index (κ1) is 20.2. The first-order valence-electron chi connectivity index (χ1n) is 8.61. The van der Waals surface area contributed by atoms with Crippen LogP contribution in [0.15, 0.2) is 24.3 Å². The van der Waals surface area contributed by atoms with E-state index in [1.807, 2.05) is 13.8 Å². The van der Waals surface area contributed by atoms with Crippen molar-refractivity contribution in [2.75, 3.05) is 19.6 Å². The van der Waals surface area contributed by atoms with Crippen molar-refractivity contribution in [3.63, 3.8) is 0 Å². The van der Waals surface area contributed by atoms with Gasteiger partial charge in [-0.25, -0.2) is 0 Å². The number of alkyl halides is 3. The van der Waals surface area contributed by atoms with Gasteiger partial charge in [-0.05, 0) is 17.5 Å². The monoisotopic (exact) mass is 371 g/mol. The molecule has 8 heteroatoms. The van der Waals surface area contributed by atoms with Gasteiger partial charge in [-0.2, -0.15) is 13.2 Å². The van der Waals surface area contributed by atoms with Gasteiger partial charge in [0.25, 0.3) is 0 Å². The molecule has 26 heavy (non-hydrogen) atoms. The van der Waals surface area contributed by atoms with Crippen LogP contribution in [-0.4, -0.2) is 42.4 Å². The second kappa shape index (κ2) is 8.53. The molecule has 1 aliphatic heterocycles. The van der Waals surface area contributed by atoms with E-state index in [1.54, 1.807) is 11.0 Å². The van der Waals surface area contributed by atoms with E-state index in [2.05, 4.69) is 10.6 Å². The number of hydrogen-bond acceptors (Lipinski definition) is 3. The summed E-state index contributed by atoms with van der Waals surface area (Å²) in [4.78, 5) is 26.0. The fourth-order valence-electron chi connectivity index (χ4n) is 2.82. The molecule has 0 aliphatic carbocycles. The van der Waals surface area contributed by atoms with Gasteiger partial charge in [0.2, 0.25) is 11.8 Å². The van der Waals surface area contributed by atoms with Crippen LogP contribution in [0.5, 0.6) is 0 Å². The Morgan fingerprint density at radius 1 is 1.38 bits per heavy atom. The average Bonchev–Trinajstić information content (AvgIpc) is 2.55. The lowest BCUT2D eigenvalue weighted by molar-refractivity contribution is -0.137. The zero-order valence-corrected chi connectivity index (χ0v) is 14.9. The number of carbonyl (C=O) groups is 2. The molecule has 0 radical (unpaired) electrons. The van der Waals surface area contributed by atoms with Crippen molar-refractivity contribution in [3.8, 4) is 0 Å². The molecule has 1 atom stereocenters. The van der Waals surface area contributed by atoms with E-state index >= 15 is 0 Å². The quantitative estimate of drug-likeness (QED) is 0.806. The summed E-state index contributed by atoms with van der Waals surface area (Å²) in [7, 11) is 0. The van der Waals surface area contributed by atoms with Crippen molar-refractivity contribution >= 4 is 11.8 Å². The number of hydrogen-bond donors (Lipinski definition) is 2. The third kappa shape index (κ3) is 5.72. The lowest BCUT2D eigenvalue weighted by atomic mass is 10.0. The fourth-order valence-corrected chi connectivity index (χ4v) is 2.82. The Hall–Kier alpha value is -2.09. The van der Waals surface area contributed by atoms with Crippen LogP contribution in [0.3, 0.4) is 0 Å². The van der Waals surface area contributed by atoms with Crippen molar-refractivity contribution < 1.29 is 22.8 Å². The molecule has 1 heterocycles. The summed E-state index contributed by atoms with van der Waals surface area (Å²) in [5.41, 5.74) is -0.259. The molecule has 1 saturated heterocycles. The van der Waals surface area contributed by atoms with Gasteiger partial charge in [0.15, 0.2) is 0 Å². The summed E-state index contributed by atoms with van der Waals surface area (Å²) in [6.45, 7) is 5.51.